The van der Waals surface area contributed by atoms with E-state index in [4.69, 9.17) is 4.74 Å². The van der Waals surface area contributed by atoms with E-state index < -0.39 is 0 Å². The second kappa shape index (κ2) is 5.92. The monoisotopic (exact) mass is 234 g/mol. The van der Waals surface area contributed by atoms with Gasteiger partial charge in [-0.15, -0.1) is 0 Å². The summed E-state index contributed by atoms with van der Waals surface area (Å²) in [5.41, 5.74) is 1.18. The van der Waals surface area contributed by atoms with E-state index in [-0.39, 0.29) is 0 Å². The second-order valence-corrected chi connectivity index (χ2v) is 4.86. The number of piperidine rings is 1. The Morgan fingerprint density at radius 3 is 2.47 bits per heavy atom. The number of hydrogen-bond acceptors (Lipinski definition) is 3. The summed E-state index contributed by atoms with van der Waals surface area (Å²) in [5.74, 6) is 1.73. The van der Waals surface area contributed by atoms with E-state index in [9.17, 15) is 0 Å². The smallest absolute Gasteiger partial charge is 0.119 e. The first kappa shape index (κ1) is 12.2. The van der Waals surface area contributed by atoms with Gasteiger partial charge in [0.2, 0.25) is 0 Å². The third-order valence-electron chi connectivity index (χ3n) is 3.52. The Morgan fingerprint density at radius 1 is 1.24 bits per heavy atom. The van der Waals surface area contributed by atoms with Crippen LogP contribution in [0.15, 0.2) is 24.3 Å². The Morgan fingerprint density at radius 2 is 1.88 bits per heavy atom. The normalized spacial score (nSPS) is 18.0. The van der Waals surface area contributed by atoms with Gasteiger partial charge in [-0.1, -0.05) is 0 Å². The van der Waals surface area contributed by atoms with Gasteiger partial charge in [-0.2, -0.15) is 0 Å². The zero-order valence-electron chi connectivity index (χ0n) is 10.8. The van der Waals surface area contributed by atoms with Crippen molar-refractivity contribution in [3.8, 4) is 5.75 Å². The van der Waals surface area contributed by atoms with Crippen molar-refractivity contribution >= 4 is 5.69 Å². The molecule has 3 heteroatoms. The molecule has 1 saturated heterocycles. The van der Waals surface area contributed by atoms with Crippen LogP contribution in [-0.4, -0.2) is 38.7 Å². The first-order valence-electron chi connectivity index (χ1n) is 6.34. The van der Waals surface area contributed by atoms with Gasteiger partial charge in [0.05, 0.1) is 7.11 Å². The number of likely N-dealkylation sites (tertiary alicyclic amines) is 1. The number of rotatable bonds is 4. The summed E-state index contributed by atoms with van der Waals surface area (Å²) in [4.78, 5) is 2.41. The number of nitrogens with one attached hydrogen (secondary N) is 1. The van der Waals surface area contributed by atoms with E-state index in [1.807, 2.05) is 12.1 Å². The maximum absolute atomic E-state index is 5.14. The molecule has 1 aliphatic heterocycles. The fourth-order valence-electron chi connectivity index (χ4n) is 2.24. The number of methoxy groups -OCH3 is 1. The minimum absolute atomic E-state index is 0.813. The lowest BCUT2D eigenvalue weighted by molar-refractivity contribution is 0.226. The van der Waals surface area contributed by atoms with Crippen molar-refractivity contribution < 1.29 is 4.74 Å². The molecular formula is C14H22N2O. The second-order valence-electron chi connectivity index (χ2n) is 4.86. The first-order chi connectivity index (χ1) is 8.28. The van der Waals surface area contributed by atoms with E-state index in [1.165, 1.54) is 31.6 Å². The number of hydrogen-bond donors (Lipinski definition) is 1. The van der Waals surface area contributed by atoms with Crippen molar-refractivity contribution in [3.63, 3.8) is 0 Å². The van der Waals surface area contributed by atoms with E-state index >= 15 is 0 Å². The molecule has 0 aliphatic carbocycles. The summed E-state index contributed by atoms with van der Waals surface area (Å²) in [6.07, 6.45) is 2.61. The zero-order valence-corrected chi connectivity index (χ0v) is 10.8. The number of ether oxygens (including phenoxy) is 1. The van der Waals surface area contributed by atoms with Crippen molar-refractivity contribution in [1.82, 2.24) is 4.90 Å². The summed E-state index contributed by atoms with van der Waals surface area (Å²) in [6, 6.07) is 8.15. The molecule has 0 bridgehead atoms. The summed E-state index contributed by atoms with van der Waals surface area (Å²) >= 11 is 0. The molecule has 2 rings (SSSR count). The minimum atomic E-state index is 0.813. The van der Waals surface area contributed by atoms with Crippen LogP contribution in [0.1, 0.15) is 12.8 Å². The van der Waals surface area contributed by atoms with Crippen LogP contribution in [-0.2, 0) is 0 Å². The maximum atomic E-state index is 5.14. The van der Waals surface area contributed by atoms with Gasteiger partial charge in [0.1, 0.15) is 5.75 Å². The highest BCUT2D eigenvalue weighted by Gasteiger charge is 2.15. The standard InChI is InChI=1S/C14H22N2O/c1-16-9-7-12(8-10-16)11-15-13-3-5-14(17-2)6-4-13/h3-6,12,15H,7-11H2,1-2H3. The van der Waals surface area contributed by atoms with Gasteiger partial charge < -0.3 is 15.0 Å². The lowest BCUT2D eigenvalue weighted by Crippen LogP contribution is -2.32. The van der Waals surface area contributed by atoms with E-state index in [2.05, 4.69) is 29.4 Å². The van der Waals surface area contributed by atoms with Crippen LogP contribution in [0.25, 0.3) is 0 Å². The fraction of sp³-hybridized carbons (Fsp3) is 0.571. The molecule has 1 aromatic carbocycles. The van der Waals surface area contributed by atoms with Crippen LogP contribution in [0, 0.1) is 5.92 Å². The molecule has 1 fully saturated rings. The van der Waals surface area contributed by atoms with Crippen LogP contribution < -0.4 is 10.1 Å². The maximum Gasteiger partial charge on any atom is 0.119 e. The SMILES string of the molecule is COc1ccc(NCC2CCN(C)CC2)cc1. The van der Waals surface area contributed by atoms with E-state index in [0.29, 0.717) is 0 Å². The fourth-order valence-corrected chi connectivity index (χ4v) is 2.24. The summed E-state index contributed by atoms with van der Waals surface area (Å²) in [6.45, 7) is 3.55. The lowest BCUT2D eigenvalue weighted by atomic mass is 9.97. The van der Waals surface area contributed by atoms with Crippen LogP contribution in [0.4, 0.5) is 5.69 Å². The van der Waals surface area contributed by atoms with Gasteiger partial charge in [-0.3, -0.25) is 0 Å². The number of benzene rings is 1. The Bertz CT molecular complexity index is 329. The lowest BCUT2D eigenvalue weighted by Gasteiger charge is -2.29. The van der Waals surface area contributed by atoms with Gasteiger partial charge in [0.15, 0.2) is 0 Å². The van der Waals surface area contributed by atoms with Crippen LogP contribution in [0.2, 0.25) is 0 Å². The van der Waals surface area contributed by atoms with Gasteiger partial charge in [0, 0.05) is 12.2 Å². The van der Waals surface area contributed by atoms with Gasteiger partial charge in [0.25, 0.3) is 0 Å². The van der Waals surface area contributed by atoms with Crippen molar-refractivity contribution in [2.24, 2.45) is 5.92 Å². The van der Waals surface area contributed by atoms with Gasteiger partial charge in [-0.05, 0) is 63.2 Å². The largest absolute Gasteiger partial charge is 0.497 e. The molecule has 0 saturated carbocycles. The van der Waals surface area contributed by atoms with E-state index in [0.717, 1.165) is 18.2 Å². The molecule has 0 atom stereocenters. The topological polar surface area (TPSA) is 24.5 Å². The van der Waals surface area contributed by atoms with Crippen LogP contribution in [0.3, 0.4) is 0 Å². The van der Waals surface area contributed by atoms with Crippen molar-refractivity contribution in [2.75, 3.05) is 39.1 Å². The molecule has 17 heavy (non-hydrogen) atoms. The zero-order chi connectivity index (χ0) is 12.1. The Labute approximate surface area is 104 Å². The molecule has 0 unspecified atom stereocenters. The predicted octanol–water partition coefficient (Wildman–Crippen LogP) is 2.45. The van der Waals surface area contributed by atoms with Crippen molar-refractivity contribution in [3.05, 3.63) is 24.3 Å². The van der Waals surface area contributed by atoms with Gasteiger partial charge >= 0.3 is 0 Å². The molecule has 1 N–H and O–H groups in total. The third kappa shape index (κ3) is 3.63. The molecule has 94 valence electrons. The Kier molecular flexibility index (Phi) is 4.26. The molecule has 0 radical (unpaired) electrons. The first-order valence-corrected chi connectivity index (χ1v) is 6.34. The summed E-state index contributed by atoms with van der Waals surface area (Å²) in [5, 5.41) is 3.51. The average molecular weight is 234 g/mol. The highest BCUT2D eigenvalue weighted by Crippen LogP contribution is 2.19. The molecule has 1 aliphatic rings. The van der Waals surface area contributed by atoms with Crippen molar-refractivity contribution in [2.45, 2.75) is 12.8 Å². The predicted molar refractivity (Wildman–Crippen MR) is 71.7 cm³/mol. The van der Waals surface area contributed by atoms with Gasteiger partial charge in [-0.25, -0.2) is 0 Å². The Balaban J connectivity index is 1.77. The molecule has 1 heterocycles. The number of nitrogens with zero attached hydrogens (tertiary/aromatic N) is 1. The van der Waals surface area contributed by atoms with Crippen LogP contribution in [0.5, 0.6) is 5.75 Å². The van der Waals surface area contributed by atoms with E-state index in [1.54, 1.807) is 7.11 Å². The van der Waals surface area contributed by atoms with Crippen LogP contribution >= 0.6 is 0 Å². The Hall–Kier alpha value is -1.22. The summed E-state index contributed by atoms with van der Waals surface area (Å²) < 4.78 is 5.14. The summed E-state index contributed by atoms with van der Waals surface area (Å²) in [7, 11) is 3.90. The molecule has 1 aromatic rings. The quantitative estimate of drug-likeness (QED) is 0.866. The highest BCUT2D eigenvalue weighted by molar-refractivity contribution is 5.46. The molecule has 0 spiro atoms. The molecule has 0 aromatic heterocycles. The third-order valence-corrected chi connectivity index (χ3v) is 3.52. The highest BCUT2D eigenvalue weighted by atomic mass is 16.5. The molecule has 3 nitrogen and oxygen atoms in total. The molecular weight excluding hydrogens is 212 g/mol. The minimum Gasteiger partial charge on any atom is -0.497 e. The average Bonchev–Trinajstić information content (AvgIpc) is 2.39. The van der Waals surface area contributed by atoms with Crippen molar-refractivity contribution in [1.29, 1.82) is 0 Å². The molecule has 0 amide bonds. The number of anilines is 1.